The molecule has 0 aromatic heterocycles. The van der Waals surface area contributed by atoms with Crippen molar-refractivity contribution in [2.45, 2.75) is 63.9 Å². The number of nitrogens with one attached hydrogen (secondary N) is 2. The summed E-state index contributed by atoms with van der Waals surface area (Å²) in [4.78, 5) is 23.8. The van der Waals surface area contributed by atoms with Crippen LogP contribution in [-0.2, 0) is 33.2 Å². The van der Waals surface area contributed by atoms with E-state index in [2.05, 4.69) is 34.6 Å². The first kappa shape index (κ1) is 35.1. The Morgan fingerprint density at radius 2 is 1.14 bits per heavy atom. The number of carbonyl (C=O) groups is 2. The third-order valence-corrected chi connectivity index (χ3v) is 7.76. The zero-order valence-electron chi connectivity index (χ0n) is 25.7. The molecule has 0 bridgehead atoms. The van der Waals surface area contributed by atoms with Gasteiger partial charge in [-0.1, -0.05) is 12.2 Å². The van der Waals surface area contributed by atoms with Crippen LogP contribution in [0.15, 0.2) is 12.2 Å². The van der Waals surface area contributed by atoms with Crippen LogP contribution in [-0.4, -0.2) is 104 Å². The van der Waals surface area contributed by atoms with Gasteiger partial charge in [0.25, 0.3) is 0 Å². The van der Waals surface area contributed by atoms with Crippen molar-refractivity contribution in [3.8, 4) is 11.8 Å². The van der Waals surface area contributed by atoms with E-state index in [1.165, 1.54) is 0 Å². The van der Waals surface area contributed by atoms with E-state index in [0.29, 0.717) is 104 Å². The zero-order chi connectivity index (χ0) is 30.2. The molecule has 11 heteroatoms. The van der Waals surface area contributed by atoms with Crippen molar-refractivity contribution in [3.05, 3.63) is 12.2 Å². The number of amides is 2. The van der Waals surface area contributed by atoms with Gasteiger partial charge in [-0.2, -0.15) is 0 Å². The highest BCUT2D eigenvalue weighted by Gasteiger charge is 2.49. The first-order valence-electron chi connectivity index (χ1n) is 16.1. The summed E-state index contributed by atoms with van der Waals surface area (Å²) in [5.74, 6) is 8.24. The number of hydrogen-bond donors (Lipinski definition) is 2. The van der Waals surface area contributed by atoms with Crippen LogP contribution in [0.1, 0.15) is 57.8 Å². The van der Waals surface area contributed by atoms with E-state index in [4.69, 9.17) is 33.2 Å². The lowest BCUT2D eigenvalue weighted by atomic mass is 10.0. The monoisotopic (exact) mass is 608 g/mol. The summed E-state index contributed by atoms with van der Waals surface area (Å²) >= 11 is 0. The first-order valence-corrected chi connectivity index (χ1v) is 16.1. The number of carbonyl (C=O) groups excluding carboxylic acids is 2. The highest BCUT2D eigenvalue weighted by atomic mass is 16.6. The van der Waals surface area contributed by atoms with Crippen LogP contribution in [0, 0.1) is 29.6 Å². The Morgan fingerprint density at radius 3 is 1.72 bits per heavy atom. The second-order valence-corrected chi connectivity index (χ2v) is 10.9. The molecule has 2 N–H and O–H groups in total. The molecule has 0 aromatic carbocycles. The standard InChI is InChI=1S/C32H52N2O9/c35-31(42-26-30-28-12-8-4-5-9-13-29(28)30)33-14-16-37-18-20-39-22-24-41-25-23-40-21-19-38-17-15-34-32(36)43-27-10-6-2-1-3-7-11-27/h1-2,27-30H,3,6-26H2,(H,33,35)(H,34,36)/b2-1+. The van der Waals surface area contributed by atoms with Gasteiger partial charge in [-0.15, -0.1) is 11.8 Å². The van der Waals surface area contributed by atoms with E-state index in [1.807, 2.05) is 0 Å². The van der Waals surface area contributed by atoms with Gasteiger partial charge < -0.3 is 43.8 Å². The summed E-state index contributed by atoms with van der Waals surface area (Å²) in [5, 5.41) is 5.46. The zero-order valence-corrected chi connectivity index (χ0v) is 25.7. The van der Waals surface area contributed by atoms with Gasteiger partial charge in [-0.3, -0.25) is 0 Å². The van der Waals surface area contributed by atoms with Crippen molar-refractivity contribution >= 4 is 12.2 Å². The third kappa shape index (κ3) is 16.9. The molecule has 0 heterocycles. The quantitative estimate of drug-likeness (QED) is 0.114. The van der Waals surface area contributed by atoms with Crippen LogP contribution in [0.5, 0.6) is 0 Å². The lowest BCUT2D eigenvalue weighted by Crippen LogP contribution is -2.31. The van der Waals surface area contributed by atoms with Gasteiger partial charge >= 0.3 is 12.2 Å². The summed E-state index contributed by atoms with van der Waals surface area (Å²) in [6.45, 7) is 5.83. The molecule has 244 valence electrons. The number of hydrogen-bond acceptors (Lipinski definition) is 9. The maximum atomic E-state index is 11.9. The van der Waals surface area contributed by atoms with E-state index >= 15 is 0 Å². The minimum Gasteiger partial charge on any atom is -0.449 e. The average molecular weight is 609 g/mol. The summed E-state index contributed by atoms with van der Waals surface area (Å²) in [7, 11) is 0. The second kappa shape index (κ2) is 23.1. The third-order valence-electron chi connectivity index (χ3n) is 7.76. The Labute approximate surface area is 257 Å². The molecule has 3 rings (SSSR count). The maximum Gasteiger partial charge on any atom is 0.407 e. The first-order chi connectivity index (χ1) is 21.2. The Kier molecular flexibility index (Phi) is 18.9. The van der Waals surface area contributed by atoms with Gasteiger partial charge in [0, 0.05) is 25.9 Å². The molecule has 3 aliphatic rings. The van der Waals surface area contributed by atoms with Crippen LogP contribution in [0.25, 0.3) is 0 Å². The molecule has 0 radical (unpaired) electrons. The number of allylic oxidation sites excluding steroid dienone is 2. The van der Waals surface area contributed by atoms with Gasteiger partial charge in [0.2, 0.25) is 0 Å². The van der Waals surface area contributed by atoms with Crippen molar-refractivity contribution in [1.29, 1.82) is 0 Å². The van der Waals surface area contributed by atoms with Crippen molar-refractivity contribution in [2.75, 3.05) is 85.8 Å². The van der Waals surface area contributed by atoms with Gasteiger partial charge in [0.15, 0.2) is 0 Å². The second-order valence-electron chi connectivity index (χ2n) is 10.9. The largest absolute Gasteiger partial charge is 0.449 e. The van der Waals surface area contributed by atoms with Crippen LogP contribution in [0.4, 0.5) is 9.59 Å². The molecule has 0 aliphatic heterocycles. The van der Waals surface area contributed by atoms with Gasteiger partial charge in [0.1, 0.15) is 6.10 Å². The smallest absolute Gasteiger partial charge is 0.407 e. The Hall–Kier alpha value is -2.36. The van der Waals surface area contributed by atoms with Crippen molar-refractivity contribution in [1.82, 2.24) is 10.6 Å². The predicted molar refractivity (Wildman–Crippen MR) is 161 cm³/mol. The molecular weight excluding hydrogens is 556 g/mol. The lowest BCUT2D eigenvalue weighted by molar-refractivity contribution is -0.0106. The molecule has 1 saturated carbocycles. The van der Waals surface area contributed by atoms with Gasteiger partial charge in [0.05, 0.1) is 72.7 Å². The van der Waals surface area contributed by atoms with Crippen molar-refractivity contribution in [2.24, 2.45) is 17.8 Å². The number of fused-ring (bicyclic) bond motifs is 1. The molecule has 43 heavy (non-hydrogen) atoms. The average Bonchev–Trinajstić information content (AvgIpc) is 3.63. The summed E-state index contributed by atoms with van der Waals surface area (Å²) in [6, 6.07) is 0. The SMILES string of the molecule is O=C(NCCOCCOCCOCCOCCOCCNC(=O)OC1CC/C=C/CCC1)OCC1C2CCC#CCCC21. The van der Waals surface area contributed by atoms with Crippen molar-refractivity contribution < 1.29 is 42.7 Å². The summed E-state index contributed by atoms with van der Waals surface area (Å²) in [5.41, 5.74) is 0. The number of rotatable bonds is 21. The molecule has 3 unspecified atom stereocenters. The predicted octanol–water partition coefficient (Wildman–Crippen LogP) is 3.85. The summed E-state index contributed by atoms with van der Waals surface area (Å²) < 4.78 is 38.2. The fraction of sp³-hybridized carbons (Fsp3) is 0.812. The number of alkyl carbamates (subject to hydrolysis) is 2. The van der Waals surface area contributed by atoms with Crippen LogP contribution in [0.2, 0.25) is 0 Å². The molecule has 0 saturated heterocycles. The van der Waals surface area contributed by atoms with E-state index < -0.39 is 0 Å². The van der Waals surface area contributed by atoms with Crippen LogP contribution >= 0.6 is 0 Å². The van der Waals surface area contributed by atoms with Crippen LogP contribution < -0.4 is 10.6 Å². The molecule has 0 spiro atoms. The van der Waals surface area contributed by atoms with E-state index in [1.54, 1.807) is 0 Å². The Balaban J connectivity index is 0.971. The molecule has 3 aliphatic carbocycles. The minimum absolute atomic E-state index is 0.00703. The molecule has 1 fully saturated rings. The van der Waals surface area contributed by atoms with E-state index in [0.717, 1.165) is 57.8 Å². The van der Waals surface area contributed by atoms with Crippen molar-refractivity contribution in [3.63, 3.8) is 0 Å². The maximum absolute atomic E-state index is 11.9. The molecule has 3 atom stereocenters. The highest BCUT2D eigenvalue weighted by molar-refractivity contribution is 5.67. The molecule has 0 aromatic rings. The van der Waals surface area contributed by atoms with E-state index in [-0.39, 0.29) is 18.3 Å². The lowest BCUT2D eigenvalue weighted by Gasteiger charge is -2.18. The Bertz CT molecular complexity index is 842. The fourth-order valence-electron chi connectivity index (χ4n) is 5.37. The normalized spacial score (nSPS) is 23.6. The molecule has 2 amide bonds. The van der Waals surface area contributed by atoms with Gasteiger partial charge in [-0.05, 0) is 62.7 Å². The summed E-state index contributed by atoms with van der Waals surface area (Å²) in [6.07, 6.45) is 12.6. The number of ether oxygens (including phenoxy) is 7. The highest BCUT2D eigenvalue weighted by Crippen LogP contribution is 2.52. The minimum atomic E-state index is -0.381. The molecular formula is C32H52N2O9. The van der Waals surface area contributed by atoms with Crippen LogP contribution in [0.3, 0.4) is 0 Å². The van der Waals surface area contributed by atoms with Gasteiger partial charge in [-0.25, -0.2) is 9.59 Å². The topological polar surface area (TPSA) is 123 Å². The van der Waals surface area contributed by atoms with E-state index in [9.17, 15) is 9.59 Å². The molecule has 11 nitrogen and oxygen atoms in total. The fourth-order valence-corrected chi connectivity index (χ4v) is 5.37. The Morgan fingerprint density at radius 1 is 0.628 bits per heavy atom.